The number of fused-ring (bicyclic) bond motifs is 2. The summed E-state index contributed by atoms with van der Waals surface area (Å²) in [5.74, 6) is 0.788. The Morgan fingerprint density at radius 3 is 2.84 bits per heavy atom. The van der Waals surface area contributed by atoms with E-state index in [2.05, 4.69) is 55.5 Å². The molecule has 7 nitrogen and oxygen atoms in total. The Morgan fingerprint density at radius 1 is 1.09 bits per heavy atom. The maximum Gasteiger partial charge on any atom is 0.254 e. The molecule has 166 valence electrons. The molecule has 32 heavy (non-hydrogen) atoms. The Kier molecular flexibility index (Phi) is 5.15. The fourth-order valence-electron chi connectivity index (χ4n) is 5.69. The Balaban J connectivity index is 1.11. The molecule has 0 radical (unpaired) electrons. The molecule has 2 aromatic heterocycles. The lowest BCUT2D eigenvalue weighted by atomic mass is 9.88. The largest absolute Gasteiger partial charge is 0.330 e. The van der Waals surface area contributed by atoms with Crippen LogP contribution in [0.15, 0.2) is 42.7 Å². The predicted molar refractivity (Wildman–Crippen MR) is 122 cm³/mol. The van der Waals surface area contributed by atoms with Gasteiger partial charge in [0.15, 0.2) is 5.65 Å². The summed E-state index contributed by atoms with van der Waals surface area (Å²) in [7, 11) is 0. The van der Waals surface area contributed by atoms with Crippen LogP contribution in [0.2, 0.25) is 0 Å². The highest BCUT2D eigenvalue weighted by molar-refractivity contribution is 5.98. The van der Waals surface area contributed by atoms with E-state index in [1.165, 1.54) is 16.8 Å². The molecule has 6 rings (SSSR count). The molecule has 0 saturated carbocycles. The minimum Gasteiger partial charge on any atom is -0.330 e. The number of rotatable bonds is 4. The summed E-state index contributed by atoms with van der Waals surface area (Å²) in [5, 5.41) is 7.81. The summed E-state index contributed by atoms with van der Waals surface area (Å²) >= 11 is 0. The van der Waals surface area contributed by atoms with Crippen molar-refractivity contribution < 1.29 is 4.79 Å². The van der Waals surface area contributed by atoms with Crippen LogP contribution in [0.5, 0.6) is 0 Å². The molecular weight excluding hydrogens is 400 g/mol. The fraction of sp³-hybridized carbons (Fsp3) is 0.480. The van der Waals surface area contributed by atoms with Crippen LogP contribution in [0, 0.1) is 0 Å². The van der Waals surface area contributed by atoms with Gasteiger partial charge in [0.2, 0.25) is 0 Å². The predicted octanol–water partition coefficient (Wildman–Crippen LogP) is 2.82. The smallest absolute Gasteiger partial charge is 0.254 e. The molecule has 0 bridgehead atoms. The van der Waals surface area contributed by atoms with E-state index in [4.69, 9.17) is 0 Å². The molecule has 0 aliphatic carbocycles. The van der Waals surface area contributed by atoms with Crippen molar-refractivity contribution in [3.05, 3.63) is 65.1 Å². The van der Waals surface area contributed by atoms with Crippen LogP contribution in [0.3, 0.4) is 0 Å². The minimum absolute atomic E-state index is 0.220. The number of amides is 1. The van der Waals surface area contributed by atoms with E-state index >= 15 is 0 Å². The molecule has 0 spiro atoms. The quantitative estimate of drug-likeness (QED) is 0.690. The van der Waals surface area contributed by atoms with Gasteiger partial charge in [0, 0.05) is 31.2 Å². The minimum atomic E-state index is 0.220. The van der Waals surface area contributed by atoms with Gasteiger partial charge in [-0.05, 0) is 80.6 Å². The highest BCUT2D eigenvalue weighted by atomic mass is 16.2. The van der Waals surface area contributed by atoms with Crippen molar-refractivity contribution in [2.45, 2.75) is 50.7 Å². The maximum atomic E-state index is 13.0. The van der Waals surface area contributed by atoms with Crippen molar-refractivity contribution >= 4 is 11.6 Å². The van der Waals surface area contributed by atoms with E-state index in [1.807, 2.05) is 10.6 Å². The molecule has 1 N–H and O–H groups in total. The zero-order valence-corrected chi connectivity index (χ0v) is 18.4. The number of nitrogens with zero attached hydrogens (tertiary/aromatic N) is 5. The molecule has 3 aromatic rings. The summed E-state index contributed by atoms with van der Waals surface area (Å²) in [4.78, 5) is 21.9. The van der Waals surface area contributed by atoms with Crippen molar-refractivity contribution in [2.75, 3.05) is 26.2 Å². The third-order valence-corrected chi connectivity index (χ3v) is 7.50. The van der Waals surface area contributed by atoms with Crippen LogP contribution in [0.25, 0.3) is 5.65 Å². The second-order valence-corrected chi connectivity index (χ2v) is 9.45. The van der Waals surface area contributed by atoms with Gasteiger partial charge in [-0.1, -0.05) is 18.2 Å². The molecule has 1 unspecified atom stereocenters. The van der Waals surface area contributed by atoms with Crippen LogP contribution in [0.1, 0.15) is 58.8 Å². The lowest BCUT2D eigenvalue weighted by Gasteiger charge is -2.32. The third kappa shape index (κ3) is 3.59. The Bertz CT molecular complexity index is 1130. The van der Waals surface area contributed by atoms with Gasteiger partial charge in [-0.3, -0.25) is 9.69 Å². The van der Waals surface area contributed by atoms with Crippen molar-refractivity contribution in [3.8, 4) is 0 Å². The number of aromatic nitrogens is 3. The number of nitrogens with one attached hydrogen (secondary N) is 1. The van der Waals surface area contributed by atoms with Crippen LogP contribution in [0.4, 0.5) is 0 Å². The standard InChI is InChI=1S/C25H30N6O/c32-25-23-7-6-19(13-20(23)15-30(25)21-4-2-10-26-14-21)18-8-11-29(12-9-18)16-22-3-1-5-24-27-17-28-31(22)24/h1,3,5-7,13,17-18,21,26H,2,4,8-12,14-16H2. The molecule has 1 atom stereocenters. The summed E-state index contributed by atoms with van der Waals surface area (Å²) in [5.41, 5.74) is 5.63. The van der Waals surface area contributed by atoms with Crippen molar-refractivity contribution in [1.82, 2.24) is 29.7 Å². The molecule has 3 aliphatic rings. The van der Waals surface area contributed by atoms with Gasteiger partial charge in [0.1, 0.15) is 6.33 Å². The van der Waals surface area contributed by atoms with Crippen molar-refractivity contribution in [1.29, 1.82) is 0 Å². The van der Waals surface area contributed by atoms with Crippen molar-refractivity contribution in [3.63, 3.8) is 0 Å². The number of carbonyl (C=O) groups excluding carboxylic acids is 1. The van der Waals surface area contributed by atoms with Gasteiger partial charge >= 0.3 is 0 Å². The second-order valence-electron chi connectivity index (χ2n) is 9.45. The lowest BCUT2D eigenvalue weighted by Crippen LogP contribution is -2.46. The maximum absolute atomic E-state index is 13.0. The molecule has 5 heterocycles. The Morgan fingerprint density at radius 2 is 2.00 bits per heavy atom. The number of benzene rings is 1. The first kappa shape index (κ1) is 19.9. The number of hydrogen-bond donors (Lipinski definition) is 1. The lowest BCUT2D eigenvalue weighted by molar-refractivity contribution is 0.0674. The van der Waals surface area contributed by atoms with E-state index in [1.54, 1.807) is 6.33 Å². The summed E-state index contributed by atoms with van der Waals surface area (Å²) in [6.07, 6.45) is 6.18. The second kappa shape index (κ2) is 8.30. The van der Waals surface area contributed by atoms with Gasteiger partial charge in [0.05, 0.1) is 5.69 Å². The first-order valence-corrected chi connectivity index (χ1v) is 11.9. The topological polar surface area (TPSA) is 65.8 Å². The highest BCUT2D eigenvalue weighted by Gasteiger charge is 2.34. The molecular formula is C25H30N6O. The number of carbonyl (C=O) groups is 1. The average Bonchev–Trinajstić information content (AvgIpc) is 3.45. The fourth-order valence-corrected chi connectivity index (χ4v) is 5.69. The van der Waals surface area contributed by atoms with Crippen molar-refractivity contribution in [2.24, 2.45) is 0 Å². The molecule has 7 heteroatoms. The average molecular weight is 431 g/mol. The van der Waals surface area contributed by atoms with Gasteiger partial charge < -0.3 is 10.2 Å². The van der Waals surface area contributed by atoms with Gasteiger partial charge in [-0.2, -0.15) is 5.10 Å². The molecule has 1 aromatic carbocycles. The molecule has 2 saturated heterocycles. The van der Waals surface area contributed by atoms with Crippen LogP contribution in [-0.2, 0) is 13.1 Å². The van der Waals surface area contributed by atoms with E-state index < -0.39 is 0 Å². The number of pyridine rings is 1. The van der Waals surface area contributed by atoms with Crippen LogP contribution >= 0.6 is 0 Å². The molecule has 3 aliphatic heterocycles. The SMILES string of the molecule is O=C1c2ccc(C3CCN(Cc4cccc5ncnn45)CC3)cc2CN1C1CCCNC1. The Labute approximate surface area is 188 Å². The number of piperidine rings is 2. The van der Waals surface area contributed by atoms with Crippen LogP contribution < -0.4 is 5.32 Å². The van der Waals surface area contributed by atoms with Gasteiger partial charge in [0.25, 0.3) is 5.91 Å². The molecule has 1 amide bonds. The Hall–Kier alpha value is -2.77. The first-order valence-electron chi connectivity index (χ1n) is 11.9. The van der Waals surface area contributed by atoms with Crippen LogP contribution in [-0.4, -0.2) is 62.5 Å². The zero-order valence-electron chi connectivity index (χ0n) is 18.4. The summed E-state index contributed by atoms with van der Waals surface area (Å²) in [6.45, 7) is 5.82. The third-order valence-electron chi connectivity index (χ3n) is 7.50. The monoisotopic (exact) mass is 430 g/mol. The molecule has 2 fully saturated rings. The van der Waals surface area contributed by atoms with E-state index in [-0.39, 0.29) is 5.91 Å². The van der Waals surface area contributed by atoms with E-state index in [0.717, 1.165) is 76.2 Å². The normalized spacial score (nSPS) is 22.6. The number of hydrogen-bond acceptors (Lipinski definition) is 5. The van der Waals surface area contributed by atoms with Gasteiger partial charge in [-0.15, -0.1) is 0 Å². The van der Waals surface area contributed by atoms with E-state index in [0.29, 0.717) is 12.0 Å². The highest BCUT2D eigenvalue weighted by Crippen LogP contribution is 2.33. The zero-order chi connectivity index (χ0) is 21.5. The first-order chi connectivity index (χ1) is 15.8. The van der Waals surface area contributed by atoms with E-state index in [9.17, 15) is 4.79 Å². The van der Waals surface area contributed by atoms with Gasteiger partial charge in [-0.25, -0.2) is 9.50 Å². The summed E-state index contributed by atoms with van der Waals surface area (Å²) < 4.78 is 1.94. The number of likely N-dealkylation sites (tertiary alicyclic amines) is 1. The summed E-state index contributed by atoms with van der Waals surface area (Å²) in [6, 6.07) is 13.1.